The van der Waals surface area contributed by atoms with E-state index in [1.165, 1.54) is 42.1 Å². The lowest BCUT2D eigenvalue weighted by Crippen LogP contribution is -2.24. The van der Waals surface area contributed by atoms with Gasteiger partial charge in [0.05, 0.1) is 10.9 Å². The Kier molecular flexibility index (Phi) is 6.57. The quantitative estimate of drug-likeness (QED) is 0.653. The fraction of sp³-hybridized carbons (Fsp3) is 0.300. The summed E-state index contributed by atoms with van der Waals surface area (Å²) in [6.45, 7) is 0. The topological polar surface area (TPSA) is 66.4 Å². The van der Waals surface area contributed by atoms with Crippen LogP contribution >= 0.6 is 23.4 Å². The van der Waals surface area contributed by atoms with Gasteiger partial charge in [0.1, 0.15) is 11.6 Å². The van der Waals surface area contributed by atoms with Crippen LogP contribution in [0.3, 0.4) is 0 Å². The highest BCUT2D eigenvalue weighted by molar-refractivity contribution is 8.00. The number of carboxylic acid groups (broad SMARTS) is 1. The molecule has 2 atom stereocenters. The Morgan fingerprint density at radius 2 is 1.86 bits per heavy atom. The molecule has 2 aromatic rings. The van der Waals surface area contributed by atoms with Gasteiger partial charge in [-0.3, -0.25) is 9.59 Å². The summed E-state index contributed by atoms with van der Waals surface area (Å²) in [4.78, 5) is 24.0. The third-order valence-electron chi connectivity index (χ3n) is 4.64. The van der Waals surface area contributed by atoms with E-state index in [0.717, 1.165) is 18.9 Å². The Hall–Kier alpha value is -2.12. The summed E-state index contributed by atoms with van der Waals surface area (Å²) in [5, 5.41) is 11.7. The molecule has 0 bridgehead atoms. The Balaban J connectivity index is 1.72. The lowest BCUT2D eigenvalue weighted by molar-refractivity contribution is -0.142. The highest BCUT2D eigenvalue weighted by Crippen LogP contribution is 2.37. The number of thioether (sulfide) groups is 1. The third kappa shape index (κ3) is 5.02. The van der Waals surface area contributed by atoms with E-state index in [1.807, 2.05) is 0 Å². The molecule has 0 radical (unpaired) electrons. The summed E-state index contributed by atoms with van der Waals surface area (Å²) in [5.41, 5.74) is 0.571. The maximum atomic E-state index is 14.2. The van der Waals surface area contributed by atoms with Gasteiger partial charge in [-0.2, -0.15) is 0 Å². The lowest BCUT2D eigenvalue weighted by atomic mass is 9.89. The molecule has 1 aliphatic rings. The van der Waals surface area contributed by atoms with E-state index in [-0.39, 0.29) is 15.8 Å². The van der Waals surface area contributed by atoms with Crippen LogP contribution in [0.5, 0.6) is 0 Å². The first-order chi connectivity index (χ1) is 13.3. The second-order valence-corrected chi connectivity index (χ2v) is 8.42. The van der Waals surface area contributed by atoms with Gasteiger partial charge in [-0.05, 0) is 55.7 Å². The minimum Gasteiger partial charge on any atom is -0.481 e. The van der Waals surface area contributed by atoms with Gasteiger partial charge in [-0.1, -0.05) is 18.0 Å². The molecular formula is C20H18ClF2NO3S. The summed E-state index contributed by atoms with van der Waals surface area (Å²) in [5.74, 6) is -2.76. The number of nitrogens with one attached hydrogen (secondary N) is 1. The average molecular weight is 426 g/mol. The monoisotopic (exact) mass is 425 g/mol. The molecule has 0 unspecified atom stereocenters. The number of rotatable bonds is 5. The number of hydrogen-bond donors (Lipinski definition) is 2. The van der Waals surface area contributed by atoms with Crippen molar-refractivity contribution in [2.45, 2.75) is 35.8 Å². The van der Waals surface area contributed by atoms with Crippen molar-refractivity contribution in [3.8, 4) is 0 Å². The molecule has 148 valence electrons. The molecule has 1 aliphatic carbocycles. The molecule has 2 aromatic carbocycles. The van der Waals surface area contributed by atoms with E-state index in [0.29, 0.717) is 23.4 Å². The van der Waals surface area contributed by atoms with Gasteiger partial charge in [0.25, 0.3) is 5.91 Å². The van der Waals surface area contributed by atoms with Gasteiger partial charge < -0.3 is 10.4 Å². The fourth-order valence-corrected chi connectivity index (χ4v) is 4.70. The van der Waals surface area contributed by atoms with Crippen LogP contribution in [-0.4, -0.2) is 22.2 Å². The van der Waals surface area contributed by atoms with E-state index >= 15 is 0 Å². The predicted octanol–water partition coefficient (Wildman–Crippen LogP) is 5.61. The zero-order valence-corrected chi connectivity index (χ0v) is 16.3. The molecule has 0 saturated heterocycles. The Labute approximate surface area is 170 Å². The summed E-state index contributed by atoms with van der Waals surface area (Å²) in [6, 6.07) is 7.85. The zero-order valence-electron chi connectivity index (χ0n) is 14.8. The SMILES string of the molecule is O=C(Nc1ccc(F)c(Cl)c1)c1ccc(F)c(S[C@@H]2CCC[C@@H](C(=O)O)C2)c1. The Morgan fingerprint density at radius 3 is 2.57 bits per heavy atom. The normalized spacial score (nSPS) is 19.2. The van der Waals surface area contributed by atoms with Gasteiger partial charge in [-0.15, -0.1) is 11.8 Å². The first-order valence-electron chi connectivity index (χ1n) is 8.79. The van der Waals surface area contributed by atoms with Gasteiger partial charge in [0, 0.05) is 21.4 Å². The minimum absolute atomic E-state index is 0.0152. The molecule has 1 saturated carbocycles. The van der Waals surface area contributed by atoms with Crippen LogP contribution in [0.15, 0.2) is 41.3 Å². The van der Waals surface area contributed by atoms with Crippen LogP contribution in [-0.2, 0) is 4.79 Å². The standard InChI is InChI=1S/C20H18ClF2NO3S/c21-15-10-13(5-7-16(15)22)24-19(25)11-4-6-17(23)18(9-11)28-14-3-1-2-12(8-14)20(26)27/h4-7,9-10,12,14H,1-3,8H2,(H,24,25)(H,26,27)/t12-,14-/m1/s1. The fourth-order valence-electron chi connectivity index (χ4n) is 3.17. The zero-order chi connectivity index (χ0) is 20.3. The largest absolute Gasteiger partial charge is 0.481 e. The smallest absolute Gasteiger partial charge is 0.306 e. The molecular weight excluding hydrogens is 408 g/mol. The average Bonchev–Trinajstić information content (AvgIpc) is 2.66. The molecule has 8 heteroatoms. The summed E-state index contributed by atoms with van der Waals surface area (Å²) in [6.07, 6.45) is 2.70. The van der Waals surface area contributed by atoms with E-state index in [4.69, 9.17) is 11.6 Å². The molecule has 2 N–H and O–H groups in total. The summed E-state index contributed by atoms with van der Waals surface area (Å²) < 4.78 is 27.5. The number of aliphatic carboxylic acids is 1. The Morgan fingerprint density at radius 1 is 1.11 bits per heavy atom. The number of carbonyl (C=O) groups excluding carboxylic acids is 1. The first-order valence-corrected chi connectivity index (χ1v) is 10.0. The van der Waals surface area contributed by atoms with Crippen LogP contribution in [0.2, 0.25) is 5.02 Å². The number of hydrogen-bond acceptors (Lipinski definition) is 3. The summed E-state index contributed by atoms with van der Waals surface area (Å²) in [7, 11) is 0. The number of benzene rings is 2. The highest BCUT2D eigenvalue weighted by Gasteiger charge is 2.28. The molecule has 0 aliphatic heterocycles. The van der Waals surface area contributed by atoms with Crippen LogP contribution in [0.25, 0.3) is 0 Å². The van der Waals surface area contributed by atoms with Crippen molar-refractivity contribution >= 4 is 40.9 Å². The molecule has 0 aromatic heterocycles. The molecule has 4 nitrogen and oxygen atoms in total. The number of carbonyl (C=O) groups is 2. The maximum absolute atomic E-state index is 14.2. The number of carboxylic acids is 1. The first kappa shape index (κ1) is 20.6. The molecule has 28 heavy (non-hydrogen) atoms. The van der Waals surface area contributed by atoms with Crippen molar-refractivity contribution in [1.82, 2.24) is 0 Å². The van der Waals surface area contributed by atoms with E-state index < -0.39 is 29.4 Å². The van der Waals surface area contributed by atoms with Crippen molar-refractivity contribution in [2.75, 3.05) is 5.32 Å². The van der Waals surface area contributed by atoms with Crippen LogP contribution in [0, 0.1) is 17.6 Å². The number of halogens is 3. The second kappa shape index (κ2) is 8.92. The van der Waals surface area contributed by atoms with Crippen molar-refractivity contribution in [3.63, 3.8) is 0 Å². The third-order valence-corrected chi connectivity index (χ3v) is 6.26. The molecule has 0 spiro atoms. The van der Waals surface area contributed by atoms with Crippen molar-refractivity contribution < 1.29 is 23.5 Å². The predicted molar refractivity (Wildman–Crippen MR) is 105 cm³/mol. The van der Waals surface area contributed by atoms with E-state index in [1.54, 1.807) is 0 Å². The van der Waals surface area contributed by atoms with Crippen molar-refractivity contribution in [1.29, 1.82) is 0 Å². The number of amides is 1. The van der Waals surface area contributed by atoms with Crippen LogP contribution in [0.1, 0.15) is 36.0 Å². The molecule has 0 heterocycles. The molecule has 3 rings (SSSR count). The second-order valence-electron chi connectivity index (χ2n) is 6.67. The lowest BCUT2D eigenvalue weighted by Gasteiger charge is -2.26. The number of anilines is 1. The maximum Gasteiger partial charge on any atom is 0.306 e. The van der Waals surface area contributed by atoms with Gasteiger partial charge >= 0.3 is 5.97 Å². The van der Waals surface area contributed by atoms with Crippen LogP contribution in [0.4, 0.5) is 14.5 Å². The van der Waals surface area contributed by atoms with Crippen molar-refractivity contribution in [2.24, 2.45) is 5.92 Å². The highest BCUT2D eigenvalue weighted by atomic mass is 35.5. The summed E-state index contributed by atoms with van der Waals surface area (Å²) >= 11 is 6.98. The van der Waals surface area contributed by atoms with Gasteiger partial charge in [0.15, 0.2) is 0 Å². The van der Waals surface area contributed by atoms with Gasteiger partial charge in [0.2, 0.25) is 0 Å². The van der Waals surface area contributed by atoms with E-state index in [9.17, 15) is 23.5 Å². The van der Waals surface area contributed by atoms with Gasteiger partial charge in [-0.25, -0.2) is 8.78 Å². The molecule has 1 amide bonds. The molecule has 1 fully saturated rings. The minimum atomic E-state index is -0.822. The van der Waals surface area contributed by atoms with Crippen LogP contribution < -0.4 is 5.32 Å². The van der Waals surface area contributed by atoms with E-state index in [2.05, 4.69) is 5.32 Å². The van der Waals surface area contributed by atoms with Crippen molar-refractivity contribution in [3.05, 3.63) is 58.6 Å². The Bertz CT molecular complexity index is 909.